The fourth-order valence-electron chi connectivity index (χ4n) is 2.14. The molecule has 2 aromatic rings. The van der Waals surface area contributed by atoms with Gasteiger partial charge in [-0.25, -0.2) is 4.98 Å². The summed E-state index contributed by atoms with van der Waals surface area (Å²) in [6, 6.07) is 8.29. The predicted molar refractivity (Wildman–Crippen MR) is 72.0 cm³/mol. The Kier molecular flexibility index (Phi) is 3.20. The summed E-state index contributed by atoms with van der Waals surface area (Å²) < 4.78 is 2.30. The van der Waals surface area contributed by atoms with Crippen molar-refractivity contribution in [1.82, 2.24) is 9.55 Å². The maximum absolute atomic E-state index is 6.10. The van der Waals surface area contributed by atoms with E-state index < -0.39 is 0 Å². The van der Waals surface area contributed by atoms with E-state index in [2.05, 4.69) is 29.7 Å². The van der Waals surface area contributed by atoms with Crippen LogP contribution < -0.4 is 5.73 Å². The Bertz CT molecular complexity index is 506. The molecule has 0 fully saturated rings. The first-order valence-electron chi connectivity index (χ1n) is 6.24. The van der Waals surface area contributed by atoms with Crippen LogP contribution in [0.15, 0.2) is 24.3 Å². The fraction of sp³-hybridized carbons (Fsp3) is 0.500. The maximum atomic E-state index is 6.10. The molecule has 0 atom stereocenters. The van der Waals surface area contributed by atoms with Crippen molar-refractivity contribution in [2.24, 2.45) is 5.73 Å². The highest BCUT2D eigenvalue weighted by Gasteiger charge is 2.17. The molecule has 0 aliphatic heterocycles. The van der Waals surface area contributed by atoms with E-state index in [-0.39, 0.29) is 5.54 Å². The van der Waals surface area contributed by atoms with Crippen LogP contribution in [-0.4, -0.2) is 15.1 Å². The number of nitrogens with two attached hydrogens (primary N) is 1. The van der Waals surface area contributed by atoms with Gasteiger partial charge >= 0.3 is 0 Å². The van der Waals surface area contributed by atoms with Gasteiger partial charge in [0.15, 0.2) is 0 Å². The number of aromatic nitrogens is 2. The van der Waals surface area contributed by atoms with E-state index in [1.807, 2.05) is 19.9 Å². The van der Waals surface area contributed by atoms with Crippen molar-refractivity contribution in [2.75, 3.05) is 0 Å². The van der Waals surface area contributed by atoms with Gasteiger partial charge in [0, 0.05) is 18.5 Å². The predicted octanol–water partition coefficient (Wildman–Crippen LogP) is 2.73. The van der Waals surface area contributed by atoms with Crippen molar-refractivity contribution in [3.63, 3.8) is 0 Å². The Morgan fingerprint density at radius 1 is 1.29 bits per heavy atom. The summed E-state index contributed by atoms with van der Waals surface area (Å²) in [7, 11) is 0. The molecule has 2 N–H and O–H groups in total. The summed E-state index contributed by atoms with van der Waals surface area (Å²) in [5, 5.41) is 0. The van der Waals surface area contributed by atoms with E-state index in [0.29, 0.717) is 0 Å². The number of para-hydroxylation sites is 2. The van der Waals surface area contributed by atoms with E-state index in [4.69, 9.17) is 10.7 Å². The molecule has 0 spiro atoms. The number of rotatable bonds is 4. The maximum Gasteiger partial charge on any atom is 0.111 e. The van der Waals surface area contributed by atoms with Crippen LogP contribution in [0.1, 0.15) is 33.0 Å². The van der Waals surface area contributed by atoms with Crippen LogP contribution in [0.4, 0.5) is 0 Å². The summed E-state index contributed by atoms with van der Waals surface area (Å²) >= 11 is 0. The minimum absolute atomic E-state index is 0.215. The first-order valence-corrected chi connectivity index (χ1v) is 6.24. The van der Waals surface area contributed by atoms with Crippen LogP contribution in [0.25, 0.3) is 11.0 Å². The van der Waals surface area contributed by atoms with E-state index in [1.165, 1.54) is 5.52 Å². The monoisotopic (exact) mass is 231 g/mol. The third-order valence-corrected chi connectivity index (χ3v) is 2.79. The number of imidazole rings is 1. The molecule has 0 aliphatic rings. The number of benzene rings is 1. The average Bonchev–Trinajstić information content (AvgIpc) is 2.55. The highest BCUT2D eigenvalue weighted by Crippen LogP contribution is 2.19. The average molecular weight is 231 g/mol. The third-order valence-electron chi connectivity index (χ3n) is 2.79. The molecule has 0 bridgehead atoms. The fourth-order valence-corrected chi connectivity index (χ4v) is 2.14. The highest BCUT2D eigenvalue weighted by atomic mass is 15.1. The lowest BCUT2D eigenvalue weighted by Gasteiger charge is -2.18. The molecule has 2 rings (SSSR count). The van der Waals surface area contributed by atoms with Crippen molar-refractivity contribution in [1.29, 1.82) is 0 Å². The molecule has 0 saturated heterocycles. The van der Waals surface area contributed by atoms with E-state index in [0.717, 1.165) is 30.7 Å². The summed E-state index contributed by atoms with van der Waals surface area (Å²) in [5.41, 5.74) is 8.17. The molecule has 17 heavy (non-hydrogen) atoms. The van der Waals surface area contributed by atoms with Crippen molar-refractivity contribution >= 4 is 11.0 Å². The molecule has 0 amide bonds. The molecule has 0 unspecified atom stereocenters. The Morgan fingerprint density at radius 2 is 2.00 bits per heavy atom. The summed E-state index contributed by atoms with van der Waals surface area (Å²) in [5.74, 6) is 1.10. The summed E-state index contributed by atoms with van der Waals surface area (Å²) in [6.07, 6.45) is 1.92. The Morgan fingerprint density at radius 3 is 2.65 bits per heavy atom. The number of hydrogen-bond acceptors (Lipinski definition) is 2. The first kappa shape index (κ1) is 12.1. The molecular formula is C14H21N3. The van der Waals surface area contributed by atoms with Crippen LogP contribution in [0.5, 0.6) is 0 Å². The van der Waals surface area contributed by atoms with Crippen LogP contribution in [0.2, 0.25) is 0 Å². The van der Waals surface area contributed by atoms with Crippen LogP contribution in [-0.2, 0) is 13.0 Å². The second-order valence-corrected chi connectivity index (χ2v) is 5.33. The van der Waals surface area contributed by atoms with Gasteiger partial charge in [-0.15, -0.1) is 0 Å². The minimum atomic E-state index is -0.215. The zero-order valence-electron chi connectivity index (χ0n) is 10.9. The molecule has 1 aromatic carbocycles. The topological polar surface area (TPSA) is 43.8 Å². The first-order chi connectivity index (χ1) is 8.01. The quantitative estimate of drug-likeness (QED) is 0.879. The highest BCUT2D eigenvalue weighted by molar-refractivity contribution is 5.75. The van der Waals surface area contributed by atoms with E-state index in [1.54, 1.807) is 0 Å². The van der Waals surface area contributed by atoms with Gasteiger partial charge in [-0.1, -0.05) is 19.1 Å². The van der Waals surface area contributed by atoms with Gasteiger partial charge in [-0.05, 0) is 32.4 Å². The van der Waals surface area contributed by atoms with Crippen molar-refractivity contribution in [2.45, 2.75) is 45.7 Å². The lowest BCUT2D eigenvalue weighted by atomic mass is 10.0. The SMILES string of the molecule is CCCn1c(CC(C)(C)N)nc2ccccc21. The molecule has 92 valence electrons. The smallest absolute Gasteiger partial charge is 0.111 e. The lowest BCUT2D eigenvalue weighted by molar-refractivity contribution is 0.486. The van der Waals surface area contributed by atoms with Gasteiger partial charge in [0.1, 0.15) is 5.82 Å². The molecule has 1 aromatic heterocycles. The van der Waals surface area contributed by atoms with E-state index >= 15 is 0 Å². The summed E-state index contributed by atoms with van der Waals surface area (Å²) in [6.45, 7) is 7.28. The van der Waals surface area contributed by atoms with Crippen molar-refractivity contribution in [3.05, 3.63) is 30.1 Å². The number of hydrogen-bond donors (Lipinski definition) is 1. The Balaban J connectivity index is 2.49. The van der Waals surface area contributed by atoms with Gasteiger partial charge in [-0.3, -0.25) is 0 Å². The number of nitrogens with zero attached hydrogens (tertiary/aromatic N) is 2. The molecule has 3 heteroatoms. The van der Waals surface area contributed by atoms with Gasteiger partial charge < -0.3 is 10.3 Å². The van der Waals surface area contributed by atoms with Gasteiger partial charge in [0.2, 0.25) is 0 Å². The number of aryl methyl sites for hydroxylation is 1. The van der Waals surface area contributed by atoms with Crippen LogP contribution in [0.3, 0.4) is 0 Å². The summed E-state index contributed by atoms with van der Waals surface area (Å²) in [4.78, 5) is 4.70. The van der Waals surface area contributed by atoms with Crippen LogP contribution in [0, 0.1) is 0 Å². The zero-order valence-corrected chi connectivity index (χ0v) is 10.9. The second kappa shape index (κ2) is 4.49. The standard InChI is InChI=1S/C14H21N3/c1-4-9-17-12-8-6-5-7-11(12)16-13(17)10-14(2,3)15/h5-8H,4,9-10,15H2,1-3H3. The van der Waals surface area contributed by atoms with E-state index in [9.17, 15) is 0 Å². The van der Waals surface area contributed by atoms with Gasteiger partial charge in [0.05, 0.1) is 11.0 Å². The lowest BCUT2D eigenvalue weighted by Crippen LogP contribution is -2.35. The molecule has 3 nitrogen and oxygen atoms in total. The van der Waals surface area contributed by atoms with Gasteiger partial charge in [0.25, 0.3) is 0 Å². The minimum Gasteiger partial charge on any atom is -0.328 e. The Hall–Kier alpha value is -1.35. The third kappa shape index (κ3) is 2.67. The number of fused-ring (bicyclic) bond motifs is 1. The second-order valence-electron chi connectivity index (χ2n) is 5.33. The van der Waals surface area contributed by atoms with Crippen molar-refractivity contribution < 1.29 is 0 Å². The van der Waals surface area contributed by atoms with Crippen molar-refractivity contribution in [3.8, 4) is 0 Å². The normalized spacial score (nSPS) is 12.2. The molecule has 0 aliphatic carbocycles. The molecule has 0 radical (unpaired) electrons. The Labute approximate surface area is 103 Å². The van der Waals surface area contributed by atoms with Crippen LogP contribution >= 0.6 is 0 Å². The molecule has 1 heterocycles. The molecule has 0 saturated carbocycles. The zero-order chi connectivity index (χ0) is 12.5. The van der Waals surface area contributed by atoms with Gasteiger partial charge in [-0.2, -0.15) is 0 Å². The largest absolute Gasteiger partial charge is 0.328 e. The molecular weight excluding hydrogens is 210 g/mol.